The van der Waals surface area contributed by atoms with E-state index in [-0.39, 0.29) is 22.2 Å². The maximum absolute atomic E-state index is 12.8. The molecule has 1 aliphatic heterocycles. The van der Waals surface area contributed by atoms with Crippen LogP contribution in [0.25, 0.3) is 0 Å². The highest BCUT2D eigenvalue weighted by molar-refractivity contribution is 7.89. The van der Waals surface area contributed by atoms with Crippen LogP contribution in [-0.2, 0) is 21.2 Å². The van der Waals surface area contributed by atoms with Gasteiger partial charge in [-0.05, 0) is 31.0 Å². The third-order valence-electron chi connectivity index (χ3n) is 3.97. The first kappa shape index (κ1) is 18.3. The van der Waals surface area contributed by atoms with Crippen molar-refractivity contribution in [2.45, 2.75) is 30.6 Å². The number of nitrogens with zero attached hydrogens (tertiary/aromatic N) is 2. The molecule has 0 spiro atoms. The fourth-order valence-electron chi connectivity index (χ4n) is 2.72. The number of aromatic nitrogens is 1. The Hall–Kier alpha value is -1.48. The number of benzene rings is 1. The number of sulfonamides is 1. The lowest BCUT2D eigenvalue weighted by atomic mass is 10.2. The second-order valence-corrected chi connectivity index (χ2v) is 8.85. The van der Waals surface area contributed by atoms with Crippen molar-refractivity contribution < 1.29 is 13.2 Å². The lowest BCUT2D eigenvalue weighted by Crippen LogP contribution is -2.35. The van der Waals surface area contributed by atoms with E-state index in [2.05, 4.69) is 10.3 Å². The van der Waals surface area contributed by atoms with E-state index in [1.165, 1.54) is 27.8 Å². The Morgan fingerprint density at radius 3 is 2.72 bits per heavy atom. The highest BCUT2D eigenvalue weighted by atomic mass is 35.5. The molecule has 0 unspecified atom stereocenters. The van der Waals surface area contributed by atoms with Crippen LogP contribution >= 0.6 is 22.9 Å². The number of halogens is 1. The molecule has 0 atom stereocenters. The Labute approximate surface area is 155 Å². The van der Waals surface area contributed by atoms with E-state index >= 15 is 0 Å². The van der Waals surface area contributed by atoms with Gasteiger partial charge in [-0.15, -0.1) is 11.3 Å². The highest BCUT2D eigenvalue weighted by Crippen LogP contribution is 2.29. The zero-order valence-electron chi connectivity index (χ0n) is 13.4. The molecular weight excluding hydrogens is 382 g/mol. The normalized spacial score (nSPS) is 15.9. The van der Waals surface area contributed by atoms with Gasteiger partial charge in [0.1, 0.15) is 4.90 Å². The molecule has 0 aliphatic carbocycles. The highest BCUT2D eigenvalue weighted by Gasteiger charge is 2.28. The van der Waals surface area contributed by atoms with Gasteiger partial charge in [0.15, 0.2) is 0 Å². The fraction of sp³-hybridized carbons (Fsp3) is 0.375. The SMILES string of the molecule is O=C(Cc1cscn1)Nc1ccc(Cl)c(S(=O)(=O)N2CCCCC2)c1. The van der Waals surface area contributed by atoms with Gasteiger partial charge < -0.3 is 5.32 Å². The molecule has 0 saturated carbocycles. The van der Waals surface area contributed by atoms with E-state index in [0.717, 1.165) is 19.3 Å². The molecule has 0 bridgehead atoms. The van der Waals surface area contributed by atoms with Gasteiger partial charge in [-0.2, -0.15) is 4.31 Å². The van der Waals surface area contributed by atoms with Crippen molar-refractivity contribution in [1.82, 2.24) is 9.29 Å². The molecular formula is C16H18ClN3O3S2. The summed E-state index contributed by atoms with van der Waals surface area (Å²) in [5.41, 5.74) is 2.74. The number of thiazole rings is 1. The summed E-state index contributed by atoms with van der Waals surface area (Å²) < 4.78 is 27.1. The first-order valence-electron chi connectivity index (χ1n) is 7.93. The average molecular weight is 400 g/mol. The van der Waals surface area contributed by atoms with Crippen LogP contribution in [0.2, 0.25) is 5.02 Å². The van der Waals surface area contributed by atoms with E-state index in [1.807, 2.05) is 0 Å². The van der Waals surface area contributed by atoms with Gasteiger partial charge in [0.05, 0.1) is 22.6 Å². The van der Waals surface area contributed by atoms with Crippen LogP contribution in [0, 0.1) is 0 Å². The summed E-state index contributed by atoms with van der Waals surface area (Å²) >= 11 is 7.54. The number of hydrogen-bond acceptors (Lipinski definition) is 5. The molecule has 25 heavy (non-hydrogen) atoms. The minimum absolute atomic E-state index is 0.0301. The fourth-order valence-corrected chi connectivity index (χ4v) is 5.29. The van der Waals surface area contributed by atoms with Crippen LogP contribution in [0.4, 0.5) is 5.69 Å². The zero-order chi connectivity index (χ0) is 17.9. The number of rotatable bonds is 5. The molecule has 2 heterocycles. The lowest BCUT2D eigenvalue weighted by Gasteiger charge is -2.26. The van der Waals surface area contributed by atoms with Gasteiger partial charge in [-0.1, -0.05) is 18.0 Å². The van der Waals surface area contributed by atoms with Crippen molar-refractivity contribution >= 4 is 44.6 Å². The standard InChI is InChI=1S/C16H18ClN3O3S2/c17-14-5-4-12(19-16(21)9-13-10-24-11-18-13)8-15(14)25(22,23)20-6-2-1-3-7-20/h4-5,8,10-11H,1-3,6-7,9H2,(H,19,21). The quantitative estimate of drug-likeness (QED) is 0.837. The monoisotopic (exact) mass is 399 g/mol. The number of anilines is 1. The summed E-state index contributed by atoms with van der Waals surface area (Å²) in [5.74, 6) is -0.255. The molecule has 1 aromatic heterocycles. The zero-order valence-corrected chi connectivity index (χ0v) is 15.8. The van der Waals surface area contributed by atoms with Crippen LogP contribution in [0.5, 0.6) is 0 Å². The molecule has 0 radical (unpaired) electrons. The molecule has 1 aromatic carbocycles. The molecule has 2 aromatic rings. The Morgan fingerprint density at radius 1 is 1.28 bits per heavy atom. The second-order valence-electron chi connectivity index (χ2n) is 5.81. The lowest BCUT2D eigenvalue weighted by molar-refractivity contribution is -0.115. The van der Waals surface area contributed by atoms with Gasteiger partial charge >= 0.3 is 0 Å². The second kappa shape index (κ2) is 7.82. The summed E-state index contributed by atoms with van der Waals surface area (Å²) in [4.78, 5) is 16.2. The Bertz CT molecular complexity index is 848. The third kappa shape index (κ3) is 4.38. The van der Waals surface area contributed by atoms with Crippen LogP contribution < -0.4 is 5.32 Å². The summed E-state index contributed by atoms with van der Waals surface area (Å²) in [6, 6.07) is 4.51. The van der Waals surface area contributed by atoms with E-state index in [9.17, 15) is 13.2 Å². The molecule has 1 N–H and O–H groups in total. The Morgan fingerprint density at radius 2 is 2.04 bits per heavy atom. The molecule has 1 aliphatic rings. The average Bonchev–Trinajstić information content (AvgIpc) is 3.10. The third-order valence-corrected chi connectivity index (χ3v) is 6.99. The van der Waals surface area contributed by atoms with E-state index < -0.39 is 10.0 Å². The summed E-state index contributed by atoms with van der Waals surface area (Å²) in [6.45, 7) is 0.998. The molecule has 3 rings (SSSR count). The van der Waals surface area contributed by atoms with Gasteiger partial charge in [-0.3, -0.25) is 4.79 Å². The van der Waals surface area contributed by atoms with Crippen LogP contribution in [0.15, 0.2) is 34.0 Å². The predicted octanol–water partition coefficient (Wildman–Crippen LogP) is 3.15. The molecule has 1 fully saturated rings. The van der Waals surface area contributed by atoms with Crippen LogP contribution in [-0.4, -0.2) is 36.7 Å². The van der Waals surface area contributed by atoms with E-state index in [4.69, 9.17) is 11.6 Å². The predicted molar refractivity (Wildman–Crippen MR) is 98.5 cm³/mol. The number of hydrogen-bond donors (Lipinski definition) is 1. The summed E-state index contributed by atoms with van der Waals surface area (Å²) in [7, 11) is -3.66. The number of amides is 1. The van der Waals surface area contributed by atoms with Gasteiger partial charge in [-0.25, -0.2) is 13.4 Å². The van der Waals surface area contributed by atoms with Crippen LogP contribution in [0.1, 0.15) is 25.0 Å². The maximum atomic E-state index is 12.8. The minimum Gasteiger partial charge on any atom is -0.326 e. The summed E-state index contributed by atoms with van der Waals surface area (Å²) in [5, 5.41) is 4.66. The van der Waals surface area contributed by atoms with Crippen LogP contribution in [0.3, 0.4) is 0 Å². The van der Waals surface area contributed by atoms with Gasteiger partial charge in [0.2, 0.25) is 15.9 Å². The van der Waals surface area contributed by atoms with E-state index in [1.54, 1.807) is 17.0 Å². The molecule has 6 nitrogen and oxygen atoms in total. The molecule has 1 amide bonds. The van der Waals surface area contributed by atoms with Gasteiger partial charge in [0.25, 0.3) is 0 Å². The largest absolute Gasteiger partial charge is 0.326 e. The molecule has 134 valence electrons. The number of piperidine rings is 1. The first-order valence-corrected chi connectivity index (χ1v) is 10.7. The number of nitrogens with one attached hydrogen (secondary N) is 1. The number of carbonyl (C=O) groups is 1. The maximum Gasteiger partial charge on any atom is 0.244 e. The van der Waals surface area contributed by atoms with Gasteiger partial charge in [0, 0.05) is 24.2 Å². The smallest absolute Gasteiger partial charge is 0.244 e. The topological polar surface area (TPSA) is 79.4 Å². The Balaban J connectivity index is 1.79. The van der Waals surface area contributed by atoms with Crippen molar-refractivity contribution in [3.63, 3.8) is 0 Å². The Kier molecular flexibility index (Phi) is 5.73. The summed E-state index contributed by atoms with van der Waals surface area (Å²) in [6.07, 6.45) is 2.87. The van der Waals surface area contributed by atoms with Crippen molar-refractivity contribution in [1.29, 1.82) is 0 Å². The number of carbonyl (C=O) groups excluding carboxylic acids is 1. The minimum atomic E-state index is -3.66. The molecule has 9 heteroatoms. The van der Waals surface area contributed by atoms with Crippen molar-refractivity contribution in [2.24, 2.45) is 0 Å². The molecule has 1 saturated heterocycles. The van der Waals surface area contributed by atoms with Crippen molar-refractivity contribution in [2.75, 3.05) is 18.4 Å². The van der Waals surface area contributed by atoms with E-state index in [0.29, 0.717) is 24.5 Å². The first-order chi connectivity index (χ1) is 12.0. The van der Waals surface area contributed by atoms with Crippen molar-refractivity contribution in [3.8, 4) is 0 Å². The van der Waals surface area contributed by atoms with Crippen molar-refractivity contribution in [3.05, 3.63) is 39.8 Å².